The van der Waals surface area contributed by atoms with E-state index in [1.807, 2.05) is 22.6 Å². The van der Waals surface area contributed by atoms with Crippen LogP contribution in [0.4, 0.5) is 0 Å². The maximum absolute atomic E-state index is 14.1. The van der Waals surface area contributed by atoms with Crippen molar-refractivity contribution in [2.75, 3.05) is 0 Å². The summed E-state index contributed by atoms with van der Waals surface area (Å²) in [4.78, 5) is 14.1. The summed E-state index contributed by atoms with van der Waals surface area (Å²) in [7, 11) is 0. The van der Waals surface area contributed by atoms with Gasteiger partial charge in [0.25, 0.3) is 5.56 Å². The average molecular weight is 522 g/mol. The third-order valence-electron chi connectivity index (χ3n) is 9.83. The first-order valence-corrected chi connectivity index (χ1v) is 14.3. The summed E-state index contributed by atoms with van der Waals surface area (Å²) < 4.78 is 1.97. The highest BCUT2D eigenvalue weighted by Crippen LogP contribution is 2.61. The Morgan fingerprint density at radius 3 is 1.90 bits per heavy atom. The quantitative estimate of drug-likeness (QED) is 0.183. The maximum Gasteiger partial charge on any atom is 0.263 e. The van der Waals surface area contributed by atoms with Crippen LogP contribution in [0.25, 0.3) is 49.1 Å². The standard InChI is InChI=1S/C39H23NO/c41-38-27-13-4-3-12-25(27)26-15-9-16-29-36-34(40(38)37(26)29)21-20-33-35(36)28-14-5-8-19-32(28)39(33)30-17-6-1-10-23(30)22-24-11-2-7-18-31(24)39/h1-21H,22H2. The minimum atomic E-state index is -0.412. The van der Waals surface area contributed by atoms with Crippen molar-refractivity contribution in [3.63, 3.8) is 0 Å². The molecule has 2 aliphatic rings. The molecule has 6 aromatic carbocycles. The Morgan fingerprint density at radius 1 is 0.512 bits per heavy atom. The summed E-state index contributed by atoms with van der Waals surface area (Å²) in [6.07, 6.45) is 0.934. The van der Waals surface area contributed by atoms with Crippen molar-refractivity contribution >= 4 is 38.0 Å². The van der Waals surface area contributed by atoms with Crippen LogP contribution in [0.2, 0.25) is 0 Å². The molecule has 2 aromatic heterocycles. The van der Waals surface area contributed by atoms with E-state index in [9.17, 15) is 4.79 Å². The Hall–Kier alpha value is -5.21. The number of aromatic nitrogens is 1. The summed E-state index contributed by atoms with van der Waals surface area (Å²) >= 11 is 0. The molecule has 0 saturated carbocycles. The Kier molecular flexibility index (Phi) is 3.84. The Bertz CT molecular complexity index is 2430. The van der Waals surface area contributed by atoms with Gasteiger partial charge in [-0.2, -0.15) is 0 Å². The van der Waals surface area contributed by atoms with Crippen molar-refractivity contribution in [2.45, 2.75) is 11.8 Å². The molecule has 0 atom stereocenters. The van der Waals surface area contributed by atoms with Gasteiger partial charge in [0, 0.05) is 21.5 Å². The number of nitrogens with zero attached hydrogens (tertiary/aromatic N) is 1. The minimum absolute atomic E-state index is 0.0496. The molecule has 0 amide bonds. The largest absolute Gasteiger partial charge is 0.275 e. The van der Waals surface area contributed by atoms with E-state index < -0.39 is 5.41 Å². The van der Waals surface area contributed by atoms with Gasteiger partial charge in [0.05, 0.1) is 16.4 Å². The number of benzene rings is 6. The van der Waals surface area contributed by atoms with Gasteiger partial charge in [-0.15, -0.1) is 0 Å². The SMILES string of the molecule is O=c1c2ccccc2c2cccc3c4c5c(ccc4n1c23)C1(c2ccccc2Cc2ccccc21)c1ccccc1-5. The van der Waals surface area contributed by atoms with Crippen molar-refractivity contribution in [3.8, 4) is 11.1 Å². The highest BCUT2D eigenvalue weighted by Gasteiger charge is 2.50. The summed E-state index contributed by atoms with van der Waals surface area (Å²) in [5, 5.41) is 5.21. The van der Waals surface area contributed by atoms with E-state index in [0.29, 0.717) is 0 Å². The highest BCUT2D eigenvalue weighted by molar-refractivity contribution is 6.24. The van der Waals surface area contributed by atoms with E-state index in [1.165, 1.54) is 49.9 Å². The van der Waals surface area contributed by atoms with Gasteiger partial charge in [0.1, 0.15) is 0 Å². The topological polar surface area (TPSA) is 21.5 Å². The van der Waals surface area contributed by atoms with Crippen LogP contribution >= 0.6 is 0 Å². The molecule has 8 aromatic rings. The fourth-order valence-electron chi connectivity index (χ4n) is 8.39. The summed E-state index contributed by atoms with van der Waals surface area (Å²) in [6, 6.07) is 45.9. The fourth-order valence-corrected chi connectivity index (χ4v) is 8.39. The Morgan fingerprint density at radius 2 is 1.12 bits per heavy atom. The lowest BCUT2D eigenvalue weighted by Gasteiger charge is -2.40. The molecule has 0 bridgehead atoms. The van der Waals surface area contributed by atoms with Crippen LogP contribution < -0.4 is 5.56 Å². The Labute approximate surface area is 236 Å². The van der Waals surface area contributed by atoms with Crippen LogP contribution in [0.15, 0.2) is 132 Å². The van der Waals surface area contributed by atoms with Crippen LogP contribution in [-0.4, -0.2) is 4.40 Å². The fraction of sp³-hybridized carbons (Fsp3) is 0.0513. The maximum atomic E-state index is 14.1. The van der Waals surface area contributed by atoms with E-state index >= 15 is 0 Å². The highest BCUT2D eigenvalue weighted by atomic mass is 16.1. The average Bonchev–Trinajstić information content (AvgIpc) is 3.52. The van der Waals surface area contributed by atoms with Gasteiger partial charge in [0.2, 0.25) is 0 Å². The predicted octanol–water partition coefficient (Wildman–Crippen LogP) is 8.46. The van der Waals surface area contributed by atoms with E-state index in [4.69, 9.17) is 0 Å². The molecule has 0 radical (unpaired) electrons. The molecule has 2 heterocycles. The lowest BCUT2D eigenvalue weighted by molar-refractivity contribution is 0.722. The lowest BCUT2D eigenvalue weighted by Crippen LogP contribution is -2.34. The number of hydrogen-bond donors (Lipinski definition) is 0. The van der Waals surface area contributed by atoms with Gasteiger partial charge in [-0.25, -0.2) is 0 Å². The summed E-state index contributed by atoms with van der Waals surface area (Å²) in [5.41, 5.74) is 12.3. The molecular weight excluding hydrogens is 498 g/mol. The molecule has 0 saturated heterocycles. The van der Waals surface area contributed by atoms with Gasteiger partial charge in [-0.1, -0.05) is 115 Å². The lowest BCUT2D eigenvalue weighted by atomic mass is 9.61. The number of fused-ring (bicyclic) bond motifs is 15. The first-order valence-electron chi connectivity index (χ1n) is 14.3. The zero-order chi connectivity index (χ0) is 26.9. The monoisotopic (exact) mass is 521 g/mol. The molecule has 1 spiro atoms. The van der Waals surface area contributed by atoms with Crippen LogP contribution in [0, 0.1) is 0 Å². The predicted molar refractivity (Wildman–Crippen MR) is 167 cm³/mol. The molecule has 0 unspecified atom stereocenters. The van der Waals surface area contributed by atoms with Gasteiger partial charge in [-0.05, 0) is 68.4 Å². The molecule has 10 rings (SSSR count). The molecule has 0 aliphatic heterocycles. The minimum Gasteiger partial charge on any atom is -0.275 e. The third-order valence-corrected chi connectivity index (χ3v) is 9.83. The van der Waals surface area contributed by atoms with E-state index in [1.54, 1.807) is 0 Å². The number of para-hydroxylation sites is 1. The van der Waals surface area contributed by atoms with Crippen molar-refractivity contribution in [3.05, 3.63) is 171 Å². The molecular formula is C39H23NO. The van der Waals surface area contributed by atoms with E-state index in [-0.39, 0.29) is 5.56 Å². The first kappa shape index (κ1) is 21.6. The van der Waals surface area contributed by atoms with Gasteiger partial charge in [-0.3, -0.25) is 9.20 Å². The number of rotatable bonds is 0. The molecule has 190 valence electrons. The van der Waals surface area contributed by atoms with Gasteiger partial charge in [0.15, 0.2) is 0 Å². The van der Waals surface area contributed by atoms with Crippen LogP contribution in [0.1, 0.15) is 33.4 Å². The van der Waals surface area contributed by atoms with E-state index in [0.717, 1.165) is 39.0 Å². The molecule has 0 fully saturated rings. The summed E-state index contributed by atoms with van der Waals surface area (Å²) in [6.45, 7) is 0. The molecule has 2 aliphatic carbocycles. The number of hydrogen-bond acceptors (Lipinski definition) is 1. The van der Waals surface area contributed by atoms with Crippen molar-refractivity contribution in [1.82, 2.24) is 4.40 Å². The molecule has 2 heteroatoms. The van der Waals surface area contributed by atoms with Crippen molar-refractivity contribution < 1.29 is 0 Å². The van der Waals surface area contributed by atoms with E-state index in [2.05, 4.69) is 109 Å². The first-order chi connectivity index (χ1) is 20.3. The Balaban J connectivity index is 1.48. The molecule has 0 N–H and O–H groups in total. The van der Waals surface area contributed by atoms with Crippen molar-refractivity contribution in [1.29, 1.82) is 0 Å². The second kappa shape index (κ2) is 7.30. The normalized spacial score (nSPS) is 14.5. The zero-order valence-electron chi connectivity index (χ0n) is 22.2. The van der Waals surface area contributed by atoms with Crippen molar-refractivity contribution in [2.24, 2.45) is 0 Å². The van der Waals surface area contributed by atoms with Gasteiger partial charge < -0.3 is 0 Å². The second-order valence-electron chi connectivity index (χ2n) is 11.6. The number of pyridine rings is 1. The van der Waals surface area contributed by atoms with Gasteiger partial charge >= 0.3 is 0 Å². The second-order valence-corrected chi connectivity index (χ2v) is 11.6. The van der Waals surface area contributed by atoms with Crippen LogP contribution in [0.3, 0.4) is 0 Å². The summed E-state index contributed by atoms with van der Waals surface area (Å²) in [5.74, 6) is 0. The smallest absolute Gasteiger partial charge is 0.263 e. The zero-order valence-corrected chi connectivity index (χ0v) is 22.2. The van der Waals surface area contributed by atoms with Crippen LogP contribution in [0.5, 0.6) is 0 Å². The third kappa shape index (κ3) is 2.36. The molecule has 2 nitrogen and oxygen atoms in total. The van der Waals surface area contributed by atoms with Crippen LogP contribution in [-0.2, 0) is 11.8 Å². The molecule has 41 heavy (non-hydrogen) atoms.